The lowest BCUT2D eigenvalue weighted by molar-refractivity contribution is 0.298. The van der Waals surface area contributed by atoms with E-state index >= 15 is 0 Å². The van der Waals surface area contributed by atoms with E-state index in [9.17, 15) is 5.26 Å². The Bertz CT molecular complexity index is 1450. The summed E-state index contributed by atoms with van der Waals surface area (Å²) in [4.78, 5) is 4.39. The number of nitriles is 1. The Balaban J connectivity index is 1.46. The van der Waals surface area contributed by atoms with E-state index in [2.05, 4.69) is 21.3 Å². The van der Waals surface area contributed by atoms with Crippen molar-refractivity contribution in [1.29, 1.82) is 5.26 Å². The van der Waals surface area contributed by atoms with Crippen LogP contribution in [0.2, 0.25) is 0 Å². The number of ether oxygens (including phenoxy) is 2. The Morgan fingerprint density at radius 1 is 1.00 bits per heavy atom. The van der Waals surface area contributed by atoms with Crippen molar-refractivity contribution in [3.8, 4) is 28.7 Å². The molecule has 7 heteroatoms. The summed E-state index contributed by atoms with van der Waals surface area (Å²) < 4.78 is 13.3. The fraction of sp³-hybridized carbons (Fsp3) is 0.0833. The van der Waals surface area contributed by atoms with Gasteiger partial charge in [-0.15, -0.1) is 10.2 Å². The van der Waals surface area contributed by atoms with E-state index in [1.54, 1.807) is 19.4 Å². The summed E-state index contributed by atoms with van der Waals surface area (Å²) in [5, 5.41) is 18.6. The van der Waals surface area contributed by atoms with Crippen molar-refractivity contribution in [2.75, 3.05) is 7.11 Å². The largest absolute Gasteiger partial charge is 0.497 e. The zero-order valence-electron chi connectivity index (χ0n) is 16.7. The van der Waals surface area contributed by atoms with E-state index in [1.165, 1.54) is 0 Å². The molecule has 5 rings (SSSR count). The minimum atomic E-state index is 0.244. The molecular weight excluding hydrogens is 390 g/mol. The van der Waals surface area contributed by atoms with Crippen LogP contribution in [-0.4, -0.2) is 26.7 Å². The van der Waals surface area contributed by atoms with Crippen LogP contribution in [-0.2, 0) is 6.61 Å². The van der Waals surface area contributed by atoms with Crippen molar-refractivity contribution in [3.63, 3.8) is 0 Å². The highest BCUT2D eigenvalue weighted by molar-refractivity contribution is 5.85. The molecule has 31 heavy (non-hydrogen) atoms. The molecular formula is C24H17N5O2. The molecule has 0 aliphatic rings. The molecule has 3 aromatic heterocycles. The minimum Gasteiger partial charge on any atom is -0.497 e. The van der Waals surface area contributed by atoms with E-state index < -0.39 is 0 Å². The number of methoxy groups -OCH3 is 1. The van der Waals surface area contributed by atoms with Gasteiger partial charge in [0, 0.05) is 23.8 Å². The SMILES string of the molecule is COc1ccc2c(OCc3nnc4ccc(-c5cccc(C#N)c5)cn34)ccnc2c1. The first kappa shape index (κ1) is 18.6. The second-order valence-corrected chi connectivity index (χ2v) is 6.94. The van der Waals surface area contributed by atoms with Crippen LogP contribution in [0.4, 0.5) is 0 Å². The Morgan fingerprint density at radius 3 is 2.81 bits per heavy atom. The molecule has 0 spiro atoms. The predicted octanol–water partition coefficient (Wildman–Crippen LogP) is 4.40. The first-order valence-electron chi connectivity index (χ1n) is 9.65. The molecule has 150 valence electrons. The summed E-state index contributed by atoms with van der Waals surface area (Å²) in [5.74, 6) is 2.13. The molecule has 0 radical (unpaired) electrons. The van der Waals surface area contributed by atoms with Gasteiger partial charge >= 0.3 is 0 Å². The molecule has 2 aromatic carbocycles. The Hall–Kier alpha value is -4.44. The number of aromatic nitrogens is 4. The summed E-state index contributed by atoms with van der Waals surface area (Å²) in [6.45, 7) is 0.244. The third-order valence-electron chi connectivity index (χ3n) is 5.06. The quantitative estimate of drug-likeness (QED) is 0.429. The van der Waals surface area contributed by atoms with Crippen LogP contribution >= 0.6 is 0 Å². The molecule has 0 unspecified atom stereocenters. The van der Waals surface area contributed by atoms with Gasteiger partial charge in [0.1, 0.15) is 18.1 Å². The normalized spacial score (nSPS) is 10.8. The van der Waals surface area contributed by atoms with Crippen LogP contribution in [0.15, 0.2) is 73.1 Å². The molecule has 0 aliphatic carbocycles. The van der Waals surface area contributed by atoms with Crippen molar-refractivity contribution in [2.45, 2.75) is 6.61 Å². The molecule has 0 saturated carbocycles. The lowest BCUT2D eigenvalue weighted by Gasteiger charge is -2.09. The summed E-state index contributed by atoms with van der Waals surface area (Å²) in [6, 6.07) is 21.0. The van der Waals surface area contributed by atoms with Crippen LogP contribution in [0.3, 0.4) is 0 Å². The van der Waals surface area contributed by atoms with Crippen LogP contribution in [0.5, 0.6) is 11.5 Å². The molecule has 0 fully saturated rings. The highest BCUT2D eigenvalue weighted by Gasteiger charge is 2.10. The van der Waals surface area contributed by atoms with E-state index in [1.807, 2.05) is 65.2 Å². The fourth-order valence-electron chi connectivity index (χ4n) is 3.47. The molecule has 0 aliphatic heterocycles. The molecule has 3 heterocycles. The zero-order chi connectivity index (χ0) is 21.2. The number of fused-ring (bicyclic) bond motifs is 2. The van der Waals surface area contributed by atoms with Gasteiger partial charge in [-0.1, -0.05) is 12.1 Å². The van der Waals surface area contributed by atoms with Crippen LogP contribution < -0.4 is 9.47 Å². The van der Waals surface area contributed by atoms with Gasteiger partial charge in [-0.25, -0.2) is 0 Å². The minimum absolute atomic E-state index is 0.244. The molecule has 7 nitrogen and oxygen atoms in total. The van der Waals surface area contributed by atoms with Gasteiger partial charge in [0.2, 0.25) is 0 Å². The Kier molecular flexibility index (Phi) is 4.65. The average Bonchev–Trinajstić information content (AvgIpc) is 3.24. The molecule has 0 bridgehead atoms. The topological polar surface area (TPSA) is 85.3 Å². The Morgan fingerprint density at radius 2 is 1.94 bits per heavy atom. The number of rotatable bonds is 5. The van der Waals surface area contributed by atoms with Gasteiger partial charge in [-0.05, 0) is 53.6 Å². The monoisotopic (exact) mass is 407 g/mol. The van der Waals surface area contributed by atoms with Crippen molar-refractivity contribution >= 4 is 16.6 Å². The van der Waals surface area contributed by atoms with Gasteiger partial charge in [0.25, 0.3) is 0 Å². The summed E-state index contributed by atoms with van der Waals surface area (Å²) >= 11 is 0. The van der Waals surface area contributed by atoms with Crippen molar-refractivity contribution in [2.24, 2.45) is 0 Å². The second kappa shape index (κ2) is 7.76. The van der Waals surface area contributed by atoms with Gasteiger partial charge in [-0.3, -0.25) is 9.38 Å². The number of hydrogen-bond acceptors (Lipinski definition) is 6. The summed E-state index contributed by atoms with van der Waals surface area (Å²) in [5.41, 5.74) is 4.06. The van der Waals surface area contributed by atoms with Crippen molar-refractivity contribution in [1.82, 2.24) is 19.6 Å². The van der Waals surface area contributed by atoms with Crippen LogP contribution in [0, 0.1) is 11.3 Å². The molecule has 0 amide bonds. The highest BCUT2D eigenvalue weighted by atomic mass is 16.5. The third kappa shape index (κ3) is 3.51. The molecule has 0 saturated heterocycles. The first-order valence-corrected chi connectivity index (χ1v) is 9.65. The summed E-state index contributed by atoms with van der Waals surface area (Å²) in [7, 11) is 1.63. The smallest absolute Gasteiger partial charge is 0.175 e. The van der Waals surface area contributed by atoms with Crippen LogP contribution in [0.25, 0.3) is 27.7 Å². The molecule has 5 aromatic rings. The summed E-state index contributed by atoms with van der Waals surface area (Å²) in [6.07, 6.45) is 3.67. The Labute approximate surface area is 178 Å². The van der Waals surface area contributed by atoms with Gasteiger partial charge in [0.05, 0.1) is 24.3 Å². The van der Waals surface area contributed by atoms with Crippen LogP contribution in [0.1, 0.15) is 11.4 Å². The van der Waals surface area contributed by atoms with E-state index in [4.69, 9.17) is 9.47 Å². The maximum absolute atomic E-state index is 9.17. The van der Waals surface area contributed by atoms with Crippen molar-refractivity contribution in [3.05, 3.63) is 84.4 Å². The number of benzene rings is 2. The second-order valence-electron chi connectivity index (χ2n) is 6.94. The number of nitrogens with zero attached hydrogens (tertiary/aromatic N) is 5. The number of pyridine rings is 2. The standard InChI is InChI=1S/C24H17N5O2/c1-30-19-6-7-20-21(12-19)26-10-9-22(20)31-15-24-28-27-23-8-5-18(14-29(23)24)17-4-2-3-16(11-17)13-25/h2-12,14H,15H2,1H3. The molecule has 0 N–H and O–H groups in total. The fourth-order valence-corrected chi connectivity index (χ4v) is 3.47. The van der Waals surface area contributed by atoms with Gasteiger partial charge in [0.15, 0.2) is 11.5 Å². The number of hydrogen-bond donors (Lipinski definition) is 0. The average molecular weight is 407 g/mol. The van der Waals surface area contributed by atoms with E-state index in [0.29, 0.717) is 17.1 Å². The maximum atomic E-state index is 9.17. The van der Waals surface area contributed by atoms with Gasteiger partial charge < -0.3 is 9.47 Å². The van der Waals surface area contributed by atoms with E-state index in [0.717, 1.165) is 33.4 Å². The zero-order valence-corrected chi connectivity index (χ0v) is 16.7. The first-order chi connectivity index (χ1) is 15.2. The third-order valence-corrected chi connectivity index (χ3v) is 5.06. The lowest BCUT2D eigenvalue weighted by atomic mass is 10.1. The van der Waals surface area contributed by atoms with E-state index in [-0.39, 0.29) is 6.61 Å². The lowest BCUT2D eigenvalue weighted by Crippen LogP contribution is -2.02. The van der Waals surface area contributed by atoms with Crippen molar-refractivity contribution < 1.29 is 9.47 Å². The highest BCUT2D eigenvalue weighted by Crippen LogP contribution is 2.28. The van der Waals surface area contributed by atoms with Gasteiger partial charge in [-0.2, -0.15) is 5.26 Å². The predicted molar refractivity (Wildman–Crippen MR) is 116 cm³/mol. The molecule has 0 atom stereocenters. The maximum Gasteiger partial charge on any atom is 0.175 e.